The maximum atomic E-state index is 12.6. The zero-order chi connectivity index (χ0) is 34.9. The van der Waals surface area contributed by atoms with Crippen LogP contribution in [0.4, 0.5) is 5.69 Å². The summed E-state index contributed by atoms with van der Waals surface area (Å²) < 4.78 is 30.8. The number of sulfonamides is 1. The number of hydrogen-bond donors (Lipinski definition) is 1. The van der Waals surface area contributed by atoms with E-state index in [4.69, 9.17) is 4.74 Å². The Kier molecular flexibility index (Phi) is 16.0. The highest BCUT2D eigenvalue weighted by Gasteiger charge is 2.50. The van der Waals surface area contributed by atoms with Crippen molar-refractivity contribution in [1.82, 2.24) is 14.7 Å². The van der Waals surface area contributed by atoms with Crippen LogP contribution in [0.25, 0.3) is 0 Å². The topological polar surface area (TPSA) is 139 Å². The van der Waals surface area contributed by atoms with Crippen LogP contribution in [0.3, 0.4) is 0 Å². The Morgan fingerprint density at radius 2 is 1.35 bits per heavy atom. The van der Waals surface area contributed by atoms with Crippen LogP contribution >= 0.6 is 0 Å². The molecule has 1 N–H and O–H groups in total. The van der Waals surface area contributed by atoms with Crippen molar-refractivity contribution < 1.29 is 27.7 Å². The second-order valence-electron chi connectivity index (χ2n) is 13.4. The highest BCUT2D eigenvalue weighted by atomic mass is 32.2. The number of nitro benzene ring substituents is 1. The Balaban J connectivity index is 0.000000226. The summed E-state index contributed by atoms with van der Waals surface area (Å²) in [6, 6.07) is 12.4. The Morgan fingerprint density at radius 1 is 0.796 bits per heavy atom. The number of nitro groups is 1. The van der Waals surface area contributed by atoms with Gasteiger partial charge in [0.05, 0.1) is 16.2 Å². The van der Waals surface area contributed by atoms with Gasteiger partial charge in [0, 0.05) is 31.3 Å². The van der Waals surface area contributed by atoms with Gasteiger partial charge in [-0.3, -0.25) is 20.3 Å². The Bertz CT molecular complexity index is 1370. The molecule has 0 radical (unpaired) electrons. The molecule has 3 fully saturated rings. The molecule has 1 aliphatic carbocycles. The van der Waals surface area contributed by atoms with E-state index in [9.17, 15) is 28.1 Å². The van der Waals surface area contributed by atoms with E-state index in [0.29, 0.717) is 4.31 Å². The Labute approximate surface area is 291 Å². The maximum Gasteiger partial charge on any atom is 0.330 e. The van der Waals surface area contributed by atoms with Gasteiger partial charge in [-0.1, -0.05) is 114 Å². The predicted molar refractivity (Wildman–Crippen MR) is 189 cm³/mol. The predicted octanol–water partition coefficient (Wildman–Crippen LogP) is 7.45. The normalized spacial score (nSPS) is 21.1. The standard InChI is InChI=1S/C20H40N2.C17H14N2O7S/c1-2-5-9-13-17-20(16-12-8-4-1)22-19-15-11-7-3-6-10-14-18-21-22;20-16-10-15(17(21)26-11-12-4-2-1-3-5-12)18(16)27(24,25)14-8-6-13(7-9-14)19(22)23/h20-21H,1-19H2;1-9,15H,10-11H2/t;15-/m.0/s1. The fourth-order valence-electron chi connectivity index (χ4n) is 6.74. The number of hydrazine groups is 1. The third-order valence-corrected chi connectivity index (χ3v) is 11.5. The number of ether oxygens (including phenoxy) is 1. The number of amides is 1. The molecule has 1 amide bonds. The molecule has 0 bridgehead atoms. The maximum absolute atomic E-state index is 12.6. The minimum Gasteiger partial charge on any atom is -0.459 e. The number of non-ortho nitro benzene ring substituents is 1. The molecule has 0 spiro atoms. The molecular weight excluding hydrogens is 644 g/mol. The van der Waals surface area contributed by atoms with Crippen LogP contribution in [-0.2, 0) is 31.0 Å². The minimum absolute atomic E-state index is 0.0459. The van der Waals surface area contributed by atoms with Crippen LogP contribution in [0.2, 0.25) is 0 Å². The van der Waals surface area contributed by atoms with Crippen molar-refractivity contribution in [1.29, 1.82) is 0 Å². The van der Waals surface area contributed by atoms with Gasteiger partial charge in [-0.25, -0.2) is 22.5 Å². The molecule has 2 aromatic carbocycles. The van der Waals surface area contributed by atoms with Gasteiger partial charge < -0.3 is 4.74 Å². The van der Waals surface area contributed by atoms with Gasteiger partial charge in [-0.2, -0.15) is 0 Å². The van der Waals surface area contributed by atoms with E-state index in [1.54, 1.807) is 30.3 Å². The third kappa shape index (κ3) is 12.2. The number of esters is 1. The fraction of sp³-hybridized carbons (Fsp3) is 0.622. The molecule has 3 aliphatic rings. The SMILES string of the molecule is C1CCCCCC(N2CCCCCCCCCN2)CCCC1.O=C(OCc1ccccc1)[C@@H]1CC(=O)N1S(=O)(=O)c1ccc([N+](=O)[O-])cc1. The van der Waals surface area contributed by atoms with Gasteiger partial charge >= 0.3 is 5.97 Å². The highest BCUT2D eigenvalue weighted by molar-refractivity contribution is 7.89. The molecule has 11 nitrogen and oxygen atoms in total. The monoisotopic (exact) mass is 698 g/mol. The third-order valence-electron chi connectivity index (χ3n) is 9.65. The second kappa shape index (κ2) is 20.4. The van der Waals surface area contributed by atoms with E-state index in [-0.39, 0.29) is 23.6 Å². The van der Waals surface area contributed by atoms with Crippen molar-refractivity contribution in [3.63, 3.8) is 0 Å². The molecule has 2 aromatic rings. The first-order valence-corrected chi connectivity index (χ1v) is 19.7. The van der Waals surface area contributed by atoms with Crippen molar-refractivity contribution in [3.05, 3.63) is 70.3 Å². The first-order valence-electron chi connectivity index (χ1n) is 18.3. The van der Waals surface area contributed by atoms with Crippen molar-refractivity contribution in [2.75, 3.05) is 13.1 Å². The molecule has 5 rings (SSSR count). The van der Waals surface area contributed by atoms with Gasteiger partial charge in [0.1, 0.15) is 6.61 Å². The fourth-order valence-corrected chi connectivity index (χ4v) is 8.28. The molecule has 2 aliphatic heterocycles. The summed E-state index contributed by atoms with van der Waals surface area (Å²) in [6.07, 6.45) is 24.3. The minimum atomic E-state index is -4.31. The largest absolute Gasteiger partial charge is 0.459 e. The van der Waals surface area contributed by atoms with Gasteiger partial charge in [-0.15, -0.1) is 0 Å². The van der Waals surface area contributed by atoms with E-state index in [1.807, 2.05) is 0 Å². The summed E-state index contributed by atoms with van der Waals surface area (Å²) in [5, 5.41) is 13.3. The number of nitrogens with zero attached hydrogens (tertiary/aromatic N) is 3. The summed E-state index contributed by atoms with van der Waals surface area (Å²) in [5.41, 5.74) is 4.25. The number of β-lactam (4-membered cyclic amide) rings is 1. The lowest BCUT2D eigenvalue weighted by Crippen LogP contribution is -2.59. The molecule has 12 heteroatoms. The van der Waals surface area contributed by atoms with Crippen LogP contribution in [0.5, 0.6) is 0 Å². The van der Waals surface area contributed by atoms with Crippen LogP contribution in [0.1, 0.15) is 121 Å². The average Bonchev–Trinajstić information content (AvgIpc) is 3.20. The summed E-state index contributed by atoms with van der Waals surface area (Å²) in [5.74, 6) is -1.57. The second-order valence-corrected chi connectivity index (χ2v) is 15.2. The van der Waals surface area contributed by atoms with E-state index >= 15 is 0 Å². The van der Waals surface area contributed by atoms with Crippen molar-refractivity contribution >= 4 is 27.6 Å². The number of carbonyl (C=O) groups is 2. The molecular formula is C37H54N4O7S. The van der Waals surface area contributed by atoms with E-state index in [2.05, 4.69) is 10.4 Å². The Morgan fingerprint density at radius 3 is 1.92 bits per heavy atom. The number of carbonyl (C=O) groups excluding carboxylic acids is 2. The van der Waals surface area contributed by atoms with Crippen LogP contribution < -0.4 is 5.43 Å². The summed E-state index contributed by atoms with van der Waals surface area (Å²) in [6.45, 7) is 2.44. The van der Waals surface area contributed by atoms with E-state index in [0.717, 1.165) is 35.9 Å². The van der Waals surface area contributed by atoms with Crippen LogP contribution in [0, 0.1) is 10.1 Å². The van der Waals surface area contributed by atoms with Gasteiger partial charge in [-0.05, 0) is 43.4 Å². The zero-order valence-electron chi connectivity index (χ0n) is 28.8. The zero-order valence-corrected chi connectivity index (χ0v) is 29.6. The number of rotatable bonds is 7. The van der Waals surface area contributed by atoms with Gasteiger partial charge in [0.25, 0.3) is 15.7 Å². The highest BCUT2D eigenvalue weighted by Crippen LogP contribution is 2.30. The quantitative estimate of drug-likeness (QED) is 0.135. The molecule has 0 unspecified atom stereocenters. The van der Waals surface area contributed by atoms with Crippen LogP contribution in [0.15, 0.2) is 59.5 Å². The molecule has 2 heterocycles. The summed E-state index contributed by atoms with van der Waals surface area (Å²) in [4.78, 5) is 33.7. The molecule has 2 saturated heterocycles. The first kappa shape index (κ1) is 38.5. The van der Waals surface area contributed by atoms with E-state index < -0.39 is 32.9 Å². The average molecular weight is 699 g/mol. The van der Waals surface area contributed by atoms with Crippen molar-refractivity contribution in [2.45, 2.75) is 139 Å². The van der Waals surface area contributed by atoms with Gasteiger partial charge in [0.2, 0.25) is 5.91 Å². The lowest BCUT2D eigenvalue weighted by molar-refractivity contribution is -0.384. The summed E-state index contributed by atoms with van der Waals surface area (Å²) in [7, 11) is -4.31. The first-order chi connectivity index (χ1) is 23.8. The number of benzene rings is 2. The molecule has 49 heavy (non-hydrogen) atoms. The molecule has 1 saturated carbocycles. The lowest BCUT2D eigenvalue weighted by Gasteiger charge is -2.37. The van der Waals surface area contributed by atoms with Crippen molar-refractivity contribution in [2.24, 2.45) is 0 Å². The van der Waals surface area contributed by atoms with E-state index in [1.165, 1.54) is 122 Å². The summed E-state index contributed by atoms with van der Waals surface area (Å²) >= 11 is 0. The lowest BCUT2D eigenvalue weighted by atomic mass is 10.0. The van der Waals surface area contributed by atoms with Crippen LogP contribution in [-0.4, -0.2) is 59.7 Å². The number of hydrogen-bond acceptors (Lipinski definition) is 9. The Hall–Kier alpha value is -3.35. The smallest absolute Gasteiger partial charge is 0.330 e. The number of nitrogens with one attached hydrogen (secondary N) is 1. The molecule has 1 atom stereocenters. The molecule has 270 valence electrons. The molecule has 0 aromatic heterocycles. The van der Waals surface area contributed by atoms with Crippen molar-refractivity contribution in [3.8, 4) is 0 Å². The van der Waals surface area contributed by atoms with Gasteiger partial charge in [0.15, 0.2) is 6.04 Å².